The van der Waals surface area contributed by atoms with Crippen molar-refractivity contribution in [3.05, 3.63) is 65.7 Å². The molecule has 3 aromatic rings. The third kappa shape index (κ3) is 2.98. The fourth-order valence-corrected chi connectivity index (χ4v) is 2.52. The third-order valence-corrected chi connectivity index (χ3v) is 3.81. The summed E-state index contributed by atoms with van der Waals surface area (Å²) in [5.74, 6) is 0.963. The molecule has 3 nitrogen and oxygen atoms in total. The van der Waals surface area contributed by atoms with Crippen LogP contribution in [-0.4, -0.2) is 4.98 Å². The molecule has 108 valence electrons. The van der Waals surface area contributed by atoms with Crippen LogP contribution in [0.25, 0.3) is 11.0 Å². The van der Waals surface area contributed by atoms with E-state index in [9.17, 15) is 0 Å². The summed E-state index contributed by atoms with van der Waals surface area (Å²) < 4.78 is 5.89. The summed E-state index contributed by atoms with van der Waals surface area (Å²) in [4.78, 5) is 4.46. The summed E-state index contributed by atoms with van der Waals surface area (Å²) in [7, 11) is 0. The van der Waals surface area contributed by atoms with Gasteiger partial charge < -0.3 is 9.73 Å². The van der Waals surface area contributed by atoms with Gasteiger partial charge in [-0.3, -0.25) is 4.98 Å². The largest absolute Gasteiger partial charge is 0.459 e. The number of para-hydroxylation sites is 1. The van der Waals surface area contributed by atoms with Crippen LogP contribution in [0.5, 0.6) is 0 Å². The first-order valence-electron chi connectivity index (χ1n) is 7.42. The van der Waals surface area contributed by atoms with Gasteiger partial charge in [-0.05, 0) is 37.1 Å². The van der Waals surface area contributed by atoms with E-state index in [-0.39, 0.29) is 6.04 Å². The number of nitrogens with zero attached hydrogens (tertiary/aromatic N) is 1. The van der Waals surface area contributed by atoms with E-state index in [4.69, 9.17) is 4.42 Å². The molecule has 1 aromatic carbocycles. The summed E-state index contributed by atoms with van der Waals surface area (Å²) in [6.45, 7) is 5.03. The fourth-order valence-electron chi connectivity index (χ4n) is 2.52. The van der Waals surface area contributed by atoms with Crippen LogP contribution in [0.2, 0.25) is 0 Å². The molecule has 2 aromatic heterocycles. The van der Waals surface area contributed by atoms with Crippen molar-refractivity contribution in [1.82, 2.24) is 10.3 Å². The van der Waals surface area contributed by atoms with Gasteiger partial charge in [0.25, 0.3) is 0 Å². The predicted molar refractivity (Wildman–Crippen MR) is 85.1 cm³/mol. The molecule has 0 aliphatic carbocycles. The van der Waals surface area contributed by atoms with Crippen LogP contribution in [-0.2, 0) is 13.0 Å². The van der Waals surface area contributed by atoms with Gasteiger partial charge in [-0.15, -0.1) is 0 Å². The van der Waals surface area contributed by atoms with Crippen molar-refractivity contribution in [3.8, 4) is 0 Å². The highest BCUT2D eigenvalue weighted by molar-refractivity contribution is 5.77. The second-order valence-corrected chi connectivity index (χ2v) is 5.25. The SMILES string of the molecule is CCc1cccnc1CNC(C)c1cc2ccccc2o1. The van der Waals surface area contributed by atoms with E-state index < -0.39 is 0 Å². The minimum absolute atomic E-state index is 0.157. The van der Waals surface area contributed by atoms with Gasteiger partial charge >= 0.3 is 0 Å². The molecule has 0 fully saturated rings. The molecule has 1 unspecified atom stereocenters. The first-order chi connectivity index (χ1) is 10.3. The Labute approximate surface area is 125 Å². The van der Waals surface area contributed by atoms with Crippen molar-refractivity contribution in [2.45, 2.75) is 32.9 Å². The van der Waals surface area contributed by atoms with Gasteiger partial charge in [-0.25, -0.2) is 0 Å². The van der Waals surface area contributed by atoms with Crippen LogP contribution in [0.1, 0.15) is 36.9 Å². The smallest absolute Gasteiger partial charge is 0.134 e. The summed E-state index contributed by atoms with van der Waals surface area (Å²) in [5.41, 5.74) is 3.35. The monoisotopic (exact) mass is 280 g/mol. The number of aromatic nitrogens is 1. The van der Waals surface area contributed by atoms with Gasteiger partial charge in [0.1, 0.15) is 11.3 Å². The van der Waals surface area contributed by atoms with Crippen molar-refractivity contribution >= 4 is 11.0 Å². The molecule has 0 amide bonds. The number of fused-ring (bicyclic) bond motifs is 1. The van der Waals surface area contributed by atoms with Gasteiger partial charge in [0.05, 0.1) is 11.7 Å². The standard InChI is InChI=1S/C18H20N2O/c1-3-14-8-6-10-19-16(14)12-20-13(2)18-11-15-7-4-5-9-17(15)21-18/h4-11,13,20H,3,12H2,1-2H3. The molecule has 3 heteroatoms. The normalized spacial score (nSPS) is 12.7. The first-order valence-corrected chi connectivity index (χ1v) is 7.42. The molecule has 2 heterocycles. The zero-order chi connectivity index (χ0) is 14.7. The highest BCUT2D eigenvalue weighted by Gasteiger charge is 2.11. The minimum Gasteiger partial charge on any atom is -0.459 e. The highest BCUT2D eigenvalue weighted by Crippen LogP contribution is 2.23. The van der Waals surface area contributed by atoms with Crippen molar-refractivity contribution in [2.24, 2.45) is 0 Å². The minimum atomic E-state index is 0.157. The van der Waals surface area contributed by atoms with Crippen LogP contribution in [0, 0.1) is 0 Å². The topological polar surface area (TPSA) is 38.1 Å². The quantitative estimate of drug-likeness (QED) is 0.759. The fraction of sp³-hybridized carbons (Fsp3) is 0.278. The van der Waals surface area contributed by atoms with E-state index in [1.807, 2.05) is 30.5 Å². The molecule has 0 aliphatic rings. The van der Waals surface area contributed by atoms with Crippen LogP contribution in [0.4, 0.5) is 0 Å². The molecule has 21 heavy (non-hydrogen) atoms. The maximum absolute atomic E-state index is 5.89. The van der Waals surface area contributed by atoms with Gasteiger partial charge in [0.15, 0.2) is 0 Å². The lowest BCUT2D eigenvalue weighted by molar-refractivity contribution is 0.448. The van der Waals surface area contributed by atoms with Crippen molar-refractivity contribution in [2.75, 3.05) is 0 Å². The van der Waals surface area contributed by atoms with Gasteiger partial charge in [-0.2, -0.15) is 0 Å². The molecule has 0 saturated carbocycles. The van der Waals surface area contributed by atoms with E-state index in [2.05, 4.69) is 42.3 Å². The Morgan fingerprint density at radius 2 is 2.05 bits per heavy atom. The summed E-state index contributed by atoms with van der Waals surface area (Å²) >= 11 is 0. The molecule has 1 N–H and O–H groups in total. The molecular weight excluding hydrogens is 260 g/mol. The Hall–Kier alpha value is -2.13. The zero-order valence-electron chi connectivity index (χ0n) is 12.5. The van der Waals surface area contributed by atoms with Crippen molar-refractivity contribution < 1.29 is 4.42 Å². The Bertz CT molecular complexity index is 700. The Balaban J connectivity index is 1.72. The lowest BCUT2D eigenvalue weighted by Gasteiger charge is -2.12. The molecule has 0 saturated heterocycles. The highest BCUT2D eigenvalue weighted by atomic mass is 16.3. The van der Waals surface area contributed by atoms with Crippen LogP contribution in [0.3, 0.4) is 0 Å². The molecule has 1 atom stereocenters. The zero-order valence-corrected chi connectivity index (χ0v) is 12.5. The maximum atomic E-state index is 5.89. The predicted octanol–water partition coefficient (Wildman–Crippen LogP) is 4.24. The summed E-state index contributed by atoms with van der Waals surface area (Å²) in [6, 6.07) is 14.5. The second kappa shape index (κ2) is 6.10. The van der Waals surface area contributed by atoms with Gasteiger partial charge in [0, 0.05) is 18.1 Å². The van der Waals surface area contributed by atoms with Crippen LogP contribution < -0.4 is 5.32 Å². The van der Waals surface area contributed by atoms with Gasteiger partial charge in [-0.1, -0.05) is 31.2 Å². The van der Waals surface area contributed by atoms with E-state index in [0.717, 1.165) is 35.4 Å². The van der Waals surface area contributed by atoms with Crippen molar-refractivity contribution in [1.29, 1.82) is 0 Å². The number of aryl methyl sites for hydroxylation is 1. The van der Waals surface area contributed by atoms with E-state index in [1.165, 1.54) is 5.56 Å². The number of nitrogens with one attached hydrogen (secondary N) is 1. The molecule has 0 radical (unpaired) electrons. The number of benzene rings is 1. The number of hydrogen-bond donors (Lipinski definition) is 1. The Morgan fingerprint density at radius 3 is 2.86 bits per heavy atom. The van der Waals surface area contributed by atoms with E-state index in [0.29, 0.717) is 0 Å². The number of rotatable bonds is 5. The molecule has 0 spiro atoms. The molecule has 0 bridgehead atoms. The maximum Gasteiger partial charge on any atom is 0.134 e. The van der Waals surface area contributed by atoms with Crippen molar-refractivity contribution in [3.63, 3.8) is 0 Å². The van der Waals surface area contributed by atoms with E-state index in [1.54, 1.807) is 0 Å². The lowest BCUT2D eigenvalue weighted by Crippen LogP contribution is -2.19. The summed E-state index contributed by atoms with van der Waals surface area (Å²) in [6.07, 6.45) is 2.85. The number of hydrogen-bond acceptors (Lipinski definition) is 3. The number of pyridine rings is 1. The lowest BCUT2D eigenvalue weighted by atomic mass is 10.1. The first kappa shape index (κ1) is 13.8. The number of furan rings is 1. The molecular formula is C18H20N2O. The molecule has 0 aliphatic heterocycles. The Morgan fingerprint density at radius 1 is 1.19 bits per heavy atom. The van der Waals surface area contributed by atoms with Crippen LogP contribution >= 0.6 is 0 Å². The third-order valence-electron chi connectivity index (χ3n) is 3.81. The van der Waals surface area contributed by atoms with Crippen LogP contribution in [0.15, 0.2) is 53.1 Å². The average Bonchev–Trinajstić information content (AvgIpc) is 2.97. The van der Waals surface area contributed by atoms with Gasteiger partial charge in [0.2, 0.25) is 0 Å². The average molecular weight is 280 g/mol. The molecule has 3 rings (SSSR count). The van der Waals surface area contributed by atoms with E-state index >= 15 is 0 Å². The Kier molecular flexibility index (Phi) is 4.02. The second-order valence-electron chi connectivity index (χ2n) is 5.25. The summed E-state index contributed by atoms with van der Waals surface area (Å²) in [5, 5.41) is 4.64.